The van der Waals surface area contributed by atoms with E-state index < -0.39 is 0 Å². The van der Waals surface area contributed by atoms with Crippen molar-refractivity contribution in [2.75, 3.05) is 19.8 Å². The van der Waals surface area contributed by atoms with Gasteiger partial charge in [0.25, 0.3) is 0 Å². The quantitative estimate of drug-likeness (QED) is 0.718. The van der Waals surface area contributed by atoms with Crippen LogP contribution in [0.3, 0.4) is 0 Å². The molecule has 0 bridgehead atoms. The third-order valence-electron chi connectivity index (χ3n) is 0.671. The predicted molar refractivity (Wildman–Crippen MR) is 52.1 cm³/mol. The minimum atomic E-state index is 0. The molecule has 0 aromatic rings. The van der Waals surface area contributed by atoms with Crippen molar-refractivity contribution in [3.63, 3.8) is 0 Å². The van der Waals surface area contributed by atoms with Crippen LogP contribution in [0, 0.1) is 37.3 Å². The van der Waals surface area contributed by atoms with Crippen LogP contribution in [0.25, 0.3) is 0 Å². The molecule has 3 N–H and O–H groups in total. The number of hydrogen-bond donors (Lipinski definition) is 3. The zero-order valence-electron chi connectivity index (χ0n) is 8.87. The van der Waals surface area contributed by atoms with Crippen LogP contribution in [0.15, 0.2) is 0 Å². The van der Waals surface area contributed by atoms with E-state index in [2.05, 4.69) is 0 Å². The molecule has 0 saturated heterocycles. The van der Waals surface area contributed by atoms with E-state index in [9.17, 15) is 0 Å². The molecule has 0 aliphatic heterocycles. The molecule has 0 spiro atoms. The first-order valence-corrected chi connectivity index (χ1v) is 4.57. The Bertz CT molecular complexity index is 30.3. The average Bonchev–Trinajstić information content (AvgIpc) is 2.18. The number of aliphatic hydroxyl groups excluding tert-OH is 3. The van der Waals surface area contributed by atoms with Gasteiger partial charge in [-0.1, -0.05) is 20.8 Å². The van der Waals surface area contributed by atoms with E-state index in [1.807, 2.05) is 20.8 Å². The van der Waals surface area contributed by atoms with E-state index in [4.69, 9.17) is 15.3 Å². The number of hydrogen-bond acceptors (Lipinski definition) is 3. The molecule has 4 heteroatoms. The van der Waals surface area contributed by atoms with E-state index in [-0.39, 0.29) is 37.3 Å². The Hall–Kier alpha value is 1.13. The van der Waals surface area contributed by atoms with Gasteiger partial charge in [0.2, 0.25) is 0 Å². The molecular weight excluding hydrogens is 323 g/mol. The zero-order valence-corrected chi connectivity index (χ0v) is 10.7. The van der Waals surface area contributed by atoms with Crippen LogP contribution in [0.1, 0.15) is 40.0 Å². The van der Waals surface area contributed by atoms with Gasteiger partial charge in [-0.25, -0.2) is 0 Å². The maximum Gasteiger partial charge on any atom is 0.0428 e. The topological polar surface area (TPSA) is 60.7 Å². The molecule has 90 valence electrons. The molecular formula is C9H24ErO3. The van der Waals surface area contributed by atoms with Crippen LogP contribution < -0.4 is 0 Å². The van der Waals surface area contributed by atoms with Crippen LogP contribution in [0.2, 0.25) is 0 Å². The summed E-state index contributed by atoms with van der Waals surface area (Å²) in [6.45, 7) is 6.75. The van der Waals surface area contributed by atoms with E-state index in [1.54, 1.807) is 0 Å². The van der Waals surface area contributed by atoms with E-state index in [0.717, 1.165) is 19.3 Å². The molecule has 3 nitrogen and oxygen atoms in total. The van der Waals surface area contributed by atoms with Crippen molar-refractivity contribution < 1.29 is 52.6 Å². The van der Waals surface area contributed by atoms with Crippen molar-refractivity contribution in [2.45, 2.75) is 40.0 Å². The van der Waals surface area contributed by atoms with Gasteiger partial charge < -0.3 is 15.3 Å². The summed E-state index contributed by atoms with van der Waals surface area (Å²) < 4.78 is 0. The van der Waals surface area contributed by atoms with Crippen LogP contribution in [0.4, 0.5) is 0 Å². The molecule has 0 aliphatic rings. The van der Waals surface area contributed by atoms with Crippen molar-refractivity contribution in [1.29, 1.82) is 0 Å². The van der Waals surface area contributed by atoms with Crippen molar-refractivity contribution in [2.24, 2.45) is 0 Å². The Morgan fingerprint density at radius 3 is 0.692 bits per heavy atom. The van der Waals surface area contributed by atoms with E-state index in [0.29, 0.717) is 19.8 Å². The van der Waals surface area contributed by atoms with Crippen molar-refractivity contribution in [3.05, 3.63) is 0 Å². The van der Waals surface area contributed by atoms with Crippen LogP contribution >= 0.6 is 0 Å². The fourth-order valence-electron chi connectivity index (χ4n) is 0. The second-order valence-electron chi connectivity index (χ2n) is 2.17. The van der Waals surface area contributed by atoms with Gasteiger partial charge >= 0.3 is 0 Å². The zero-order chi connectivity index (χ0) is 10.2. The van der Waals surface area contributed by atoms with Gasteiger partial charge in [0.15, 0.2) is 0 Å². The Morgan fingerprint density at radius 1 is 0.615 bits per heavy atom. The van der Waals surface area contributed by atoms with Crippen LogP contribution in [-0.2, 0) is 0 Å². The molecule has 0 atom stereocenters. The number of aliphatic hydroxyl groups is 3. The summed E-state index contributed by atoms with van der Waals surface area (Å²) in [7, 11) is 0. The minimum absolute atomic E-state index is 0. The summed E-state index contributed by atoms with van der Waals surface area (Å²) in [4.78, 5) is 0. The van der Waals surface area contributed by atoms with Gasteiger partial charge in [-0.05, 0) is 19.3 Å². The maximum absolute atomic E-state index is 7.88. The van der Waals surface area contributed by atoms with Crippen molar-refractivity contribution in [3.8, 4) is 0 Å². The summed E-state index contributed by atoms with van der Waals surface area (Å²) in [5.74, 6) is 0. The van der Waals surface area contributed by atoms with Crippen molar-refractivity contribution >= 4 is 0 Å². The predicted octanol–water partition coefficient (Wildman–Crippen LogP) is 1.17. The standard InChI is InChI=1S/3C3H8O.Er/c3*1-2-3-4;/h3*4H,2-3H2,1H3;. The summed E-state index contributed by atoms with van der Waals surface area (Å²) >= 11 is 0. The second-order valence-corrected chi connectivity index (χ2v) is 2.17. The molecule has 0 fully saturated rings. The first-order chi connectivity index (χ1) is 5.74. The normalized spacial score (nSPS) is 6.92. The minimum Gasteiger partial charge on any atom is -0.396 e. The third kappa shape index (κ3) is 95.4. The third-order valence-corrected chi connectivity index (χ3v) is 0.671. The van der Waals surface area contributed by atoms with E-state index >= 15 is 0 Å². The summed E-state index contributed by atoms with van der Waals surface area (Å²) in [6, 6.07) is 0. The molecule has 0 aromatic heterocycles. The van der Waals surface area contributed by atoms with Gasteiger partial charge in [0.05, 0.1) is 0 Å². The largest absolute Gasteiger partial charge is 0.396 e. The Morgan fingerprint density at radius 2 is 0.692 bits per heavy atom. The Balaban J connectivity index is -0.0000000450. The van der Waals surface area contributed by atoms with Crippen molar-refractivity contribution in [1.82, 2.24) is 0 Å². The molecule has 0 aliphatic carbocycles. The smallest absolute Gasteiger partial charge is 0.0428 e. The first-order valence-electron chi connectivity index (χ1n) is 4.57. The van der Waals surface area contributed by atoms with E-state index in [1.165, 1.54) is 0 Å². The molecule has 0 radical (unpaired) electrons. The molecule has 0 saturated carbocycles. The fraction of sp³-hybridized carbons (Fsp3) is 1.00. The molecule has 0 heterocycles. The van der Waals surface area contributed by atoms with Gasteiger partial charge in [0.1, 0.15) is 0 Å². The molecule has 0 unspecified atom stereocenters. The summed E-state index contributed by atoms with van der Waals surface area (Å²) in [5.41, 5.74) is 0. The van der Waals surface area contributed by atoms with Gasteiger partial charge in [-0.3, -0.25) is 0 Å². The summed E-state index contributed by atoms with van der Waals surface area (Å²) in [6.07, 6.45) is 2.62. The van der Waals surface area contributed by atoms with Crippen LogP contribution in [-0.4, -0.2) is 35.1 Å². The molecule has 13 heavy (non-hydrogen) atoms. The monoisotopic (exact) mass is 346 g/mol. The van der Waals surface area contributed by atoms with Gasteiger partial charge in [-0.2, -0.15) is 0 Å². The van der Waals surface area contributed by atoms with Gasteiger partial charge in [-0.15, -0.1) is 0 Å². The SMILES string of the molecule is CCCO.CCCO.CCCO.[Er]. The Labute approximate surface area is 112 Å². The molecule has 0 aromatic carbocycles. The average molecular weight is 348 g/mol. The Kier molecular flexibility index (Phi) is 69.4. The van der Waals surface area contributed by atoms with Crippen LogP contribution in [0.5, 0.6) is 0 Å². The molecule has 0 rings (SSSR count). The summed E-state index contributed by atoms with van der Waals surface area (Å²) in [5, 5.41) is 23.6. The second kappa shape index (κ2) is 38.0. The number of rotatable bonds is 3. The fourth-order valence-corrected chi connectivity index (χ4v) is 0. The molecule has 0 amide bonds. The maximum atomic E-state index is 7.88. The van der Waals surface area contributed by atoms with Gasteiger partial charge in [0, 0.05) is 57.1 Å². The first kappa shape index (κ1) is 23.7.